The van der Waals surface area contributed by atoms with Crippen molar-refractivity contribution in [1.29, 1.82) is 0 Å². The quantitative estimate of drug-likeness (QED) is 0.268. The van der Waals surface area contributed by atoms with Crippen molar-refractivity contribution in [3.05, 3.63) is 87.8 Å². The summed E-state index contributed by atoms with van der Waals surface area (Å²) in [7, 11) is 3.72. The summed E-state index contributed by atoms with van der Waals surface area (Å²) >= 11 is 0. The van der Waals surface area contributed by atoms with Crippen LogP contribution in [0.5, 0.6) is 0 Å². The van der Waals surface area contributed by atoms with Crippen LogP contribution in [0.15, 0.2) is 69.9 Å². The number of hydrogen-bond donors (Lipinski definition) is 2. The van der Waals surface area contributed by atoms with Crippen LogP contribution in [0.3, 0.4) is 0 Å². The minimum absolute atomic E-state index is 0.0856. The van der Waals surface area contributed by atoms with Gasteiger partial charge in [-0.3, -0.25) is 4.79 Å². The summed E-state index contributed by atoms with van der Waals surface area (Å²) in [6, 6.07) is 14.3. The normalized spacial score (nSPS) is 11.3. The molecule has 0 atom stereocenters. The molecule has 4 aromatic carbocycles. The summed E-state index contributed by atoms with van der Waals surface area (Å²) in [6.45, 7) is 0. The lowest BCUT2D eigenvalue weighted by Gasteiger charge is -2.17. The van der Waals surface area contributed by atoms with E-state index in [1.807, 2.05) is 25.1 Å². The molecule has 5 rings (SSSR count). The molecule has 0 aliphatic carbocycles. The minimum Gasteiger partial charge on any atom is -0.478 e. The lowest BCUT2D eigenvalue weighted by Crippen LogP contribution is -2.08. The number of hydrogen-bond acceptors (Lipinski definition) is 5. The zero-order valence-electron chi connectivity index (χ0n) is 18.6. The van der Waals surface area contributed by atoms with E-state index in [9.17, 15) is 24.6 Å². The van der Waals surface area contributed by atoms with Crippen molar-refractivity contribution in [3.8, 4) is 11.1 Å². The van der Waals surface area contributed by atoms with Gasteiger partial charge in [-0.25, -0.2) is 14.0 Å². The van der Waals surface area contributed by atoms with Crippen LogP contribution < -0.4 is 10.3 Å². The molecule has 35 heavy (non-hydrogen) atoms. The molecule has 0 aliphatic heterocycles. The Kier molecular flexibility index (Phi) is 5.02. The molecule has 0 bridgehead atoms. The first-order chi connectivity index (χ1) is 16.7. The van der Waals surface area contributed by atoms with Crippen molar-refractivity contribution in [3.63, 3.8) is 0 Å². The summed E-state index contributed by atoms with van der Waals surface area (Å²) in [5, 5.41) is 20.5. The molecule has 0 radical (unpaired) electrons. The Bertz CT molecular complexity index is 1770. The highest BCUT2D eigenvalue weighted by molar-refractivity contribution is 6.17. The molecule has 0 saturated carbocycles. The summed E-state index contributed by atoms with van der Waals surface area (Å²) in [5.74, 6) is -3.25. The summed E-state index contributed by atoms with van der Waals surface area (Å²) in [4.78, 5) is 37.4. The highest BCUT2D eigenvalue weighted by atomic mass is 19.1. The minimum atomic E-state index is -1.33. The van der Waals surface area contributed by atoms with E-state index in [0.717, 1.165) is 11.8 Å². The van der Waals surface area contributed by atoms with Crippen LogP contribution >= 0.6 is 0 Å². The zero-order chi connectivity index (χ0) is 25.0. The lowest BCUT2D eigenvalue weighted by atomic mass is 9.91. The number of carboxylic acid groups (broad SMARTS) is 2. The predicted molar refractivity (Wildman–Crippen MR) is 131 cm³/mol. The third-order valence-corrected chi connectivity index (χ3v) is 6.01. The average molecular weight is 471 g/mol. The smallest absolute Gasteiger partial charge is 0.336 e. The molecule has 0 amide bonds. The molecule has 0 unspecified atom stereocenters. The van der Waals surface area contributed by atoms with Gasteiger partial charge in [0.25, 0.3) is 0 Å². The maximum Gasteiger partial charge on any atom is 0.336 e. The van der Waals surface area contributed by atoms with Gasteiger partial charge < -0.3 is 19.5 Å². The maximum absolute atomic E-state index is 15.2. The van der Waals surface area contributed by atoms with Gasteiger partial charge in [-0.1, -0.05) is 6.07 Å². The van der Waals surface area contributed by atoms with Gasteiger partial charge in [-0.05, 0) is 54.1 Å². The molecule has 5 aromatic rings. The van der Waals surface area contributed by atoms with E-state index >= 15 is 4.39 Å². The van der Waals surface area contributed by atoms with Crippen LogP contribution in [-0.4, -0.2) is 36.2 Å². The molecule has 1 aromatic heterocycles. The van der Waals surface area contributed by atoms with Crippen LogP contribution in [0.2, 0.25) is 0 Å². The van der Waals surface area contributed by atoms with Crippen molar-refractivity contribution in [2.45, 2.75) is 0 Å². The Morgan fingerprint density at radius 2 is 1.57 bits per heavy atom. The Morgan fingerprint density at radius 3 is 2.26 bits per heavy atom. The van der Waals surface area contributed by atoms with Crippen molar-refractivity contribution in [2.24, 2.45) is 0 Å². The van der Waals surface area contributed by atoms with Crippen LogP contribution in [0.1, 0.15) is 20.7 Å². The number of fused-ring (bicyclic) bond motifs is 4. The lowest BCUT2D eigenvalue weighted by molar-refractivity contribution is 0.0696. The molecule has 2 N–H and O–H groups in total. The van der Waals surface area contributed by atoms with Gasteiger partial charge in [0.05, 0.1) is 11.1 Å². The van der Waals surface area contributed by atoms with E-state index in [1.54, 1.807) is 12.1 Å². The number of carboxylic acids is 2. The van der Waals surface area contributed by atoms with Gasteiger partial charge in [0.2, 0.25) is 0 Å². The third-order valence-electron chi connectivity index (χ3n) is 6.01. The molecule has 0 fully saturated rings. The van der Waals surface area contributed by atoms with Gasteiger partial charge in [0.1, 0.15) is 17.0 Å². The van der Waals surface area contributed by atoms with Crippen molar-refractivity contribution in [2.75, 3.05) is 19.0 Å². The van der Waals surface area contributed by atoms with E-state index in [2.05, 4.69) is 0 Å². The van der Waals surface area contributed by atoms with E-state index in [4.69, 9.17) is 4.42 Å². The predicted octanol–water partition coefficient (Wildman–Crippen LogP) is 5.37. The number of carbonyl (C=O) groups is 2. The van der Waals surface area contributed by atoms with Crippen molar-refractivity contribution in [1.82, 2.24) is 0 Å². The number of halogens is 1. The number of benzene rings is 4. The van der Waals surface area contributed by atoms with Gasteiger partial charge in [0.15, 0.2) is 5.43 Å². The number of rotatable bonds is 4. The second-order valence-corrected chi connectivity index (χ2v) is 8.37. The summed E-state index contributed by atoms with van der Waals surface area (Å²) in [6.07, 6.45) is 0. The fourth-order valence-corrected chi connectivity index (χ4v) is 4.33. The summed E-state index contributed by atoms with van der Waals surface area (Å²) < 4.78 is 21.4. The molecule has 174 valence electrons. The molecule has 0 aliphatic rings. The first kappa shape index (κ1) is 22.1. The SMILES string of the molecule is CN(C)c1ccc2c(-c3ccc(C(=O)O)cc3C(=O)O)c3cc(F)c4cc(=O)ccc4c3oc2c1. The maximum atomic E-state index is 15.2. The Morgan fingerprint density at radius 1 is 0.829 bits per heavy atom. The van der Waals surface area contributed by atoms with Crippen molar-refractivity contribution < 1.29 is 28.6 Å². The van der Waals surface area contributed by atoms with Crippen LogP contribution in [0.25, 0.3) is 43.8 Å². The van der Waals surface area contributed by atoms with Gasteiger partial charge in [-0.2, -0.15) is 0 Å². The van der Waals surface area contributed by atoms with E-state index in [1.165, 1.54) is 36.4 Å². The van der Waals surface area contributed by atoms with Crippen LogP contribution in [0, 0.1) is 5.82 Å². The topological polar surface area (TPSA) is 108 Å². The second kappa shape index (κ2) is 7.95. The largest absolute Gasteiger partial charge is 0.478 e. The van der Waals surface area contributed by atoms with E-state index in [0.29, 0.717) is 27.3 Å². The Labute approximate surface area is 197 Å². The van der Waals surface area contributed by atoms with Crippen LogP contribution in [-0.2, 0) is 0 Å². The molecule has 0 spiro atoms. The van der Waals surface area contributed by atoms with Crippen molar-refractivity contribution >= 4 is 50.3 Å². The van der Waals surface area contributed by atoms with Gasteiger partial charge >= 0.3 is 11.9 Å². The fraction of sp³-hybridized carbons (Fsp3) is 0.0741. The Balaban J connectivity index is 2.02. The Hall–Kier alpha value is -4.72. The third kappa shape index (κ3) is 3.56. The average Bonchev–Trinajstić information content (AvgIpc) is 2.82. The highest BCUT2D eigenvalue weighted by Crippen LogP contribution is 2.42. The van der Waals surface area contributed by atoms with Gasteiger partial charge in [-0.15, -0.1) is 0 Å². The van der Waals surface area contributed by atoms with E-state index < -0.39 is 17.8 Å². The number of anilines is 1. The van der Waals surface area contributed by atoms with Crippen LogP contribution in [0.4, 0.5) is 10.1 Å². The van der Waals surface area contributed by atoms with Gasteiger partial charge in [0, 0.05) is 53.0 Å². The summed E-state index contributed by atoms with van der Waals surface area (Å²) in [5.41, 5.74) is 1.32. The monoisotopic (exact) mass is 471 g/mol. The second-order valence-electron chi connectivity index (χ2n) is 8.37. The molecular weight excluding hydrogens is 453 g/mol. The first-order valence-corrected chi connectivity index (χ1v) is 10.6. The molecular formula is C27H18FNO6. The first-order valence-electron chi connectivity index (χ1n) is 10.6. The molecule has 7 nitrogen and oxygen atoms in total. The zero-order valence-corrected chi connectivity index (χ0v) is 18.6. The number of nitrogens with zero attached hydrogens (tertiary/aromatic N) is 1. The molecule has 8 heteroatoms. The molecule has 0 saturated heterocycles. The van der Waals surface area contributed by atoms with E-state index in [-0.39, 0.29) is 33.1 Å². The fourth-order valence-electron chi connectivity index (χ4n) is 4.33. The standard InChI is InChI=1S/C27H18FNO6/c1-29(2)14-4-7-18-23(10-14)35-25-17-8-5-15(30)11-19(17)22(28)12-21(25)24(18)16-6-3-13(26(31)32)9-20(16)27(33)34/h3-12H,1-2H3,(H,31,32)(H,33,34). The number of aromatic carboxylic acids is 2. The molecule has 1 heterocycles. The highest BCUT2D eigenvalue weighted by Gasteiger charge is 2.22.